The van der Waals surface area contributed by atoms with Crippen molar-refractivity contribution in [1.29, 1.82) is 0 Å². The summed E-state index contributed by atoms with van der Waals surface area (Å²) in [6.45, 7) is 1.11. The van der Waals surface area contributed by atoms with Gasteiger partial charge in [0.15, 0.2) is 21.3 Å². The summed E-state index contributed by atoms with van der Waals surface area (Å²) in [6.07, 6.45) is 5.60. The fourth-order valence-electron chi connectivity index (χ4n) is 4.65. The average Bonchev–Trinajstić information content (AvgIpc) is 2.81. The molecule has 2 aliphatic rings. The fraction of sp³-hybridized carbons (Fsp3) is 0.500. The van der Waals surface area contributed by atoms with Crippen LogP contribution < -0.4 is 9.47 Å². The van der Waals surface area contributed by atoms with Crippen LogP contribution in [0.15, 0.2) is 48.5 Å². The highest BCUT2D eigenvalue weighted by Crippen LogP contribution is 2.31. The number of benzene rings is 2. The largest absolute Gasteiger partial charge is 0.493 e. The molecule has 2 aromatic rings. The van der Waals surface area contributed by atoms with Crippen molar-refractivity contribution in [3.8, 4) is 11.5 Å². The van der Waals surface area contributed by atoms with Gasteiger partial charge in [-0.1, -0.05) is 55.7 Å². The molecule has 33 heavy (non-hydrogen) atoms. The summed E-state index contributed by atoms with van der Waals surface area (Å²) in [7, 11) is -1.52. The molecular formula is C26H33NO5S. The van der Waals surface area contributed by atoms with Gasteiger partial charge < -0.3 is 14.4 Å². The molecule has 0 bridgehead atoms. The number of carbonyl (C=O) groups is 1. The molecule has 7 heteroatoms. The maximum Gasteiger partial charge on any atom is 0.222 e. The Morgan fingerprint density at radius 2 is 1.67 bits per heavy atom. The molecule has 1 aliphatic carbocycles. The van der Waals surface area contributed by atoms with E-state index in [9.17, 15) is 13.2 Å². The van der Waals surface area contributed by atoms with Gasteiger partial charge in [-0.25, -0.2) is 8.42 Å². The molecule has 1 saturated heterocycles. The zero-order valence-electron chi connectivity index (χ0n) is 19.2. The van der Waals surface area contributed by atoms with Crippen LogP contribution >= 0.6 is 0 Å². The lowest BCUT2D eigenvalue weighted by Gasteiger charge is -2.41. The first-order valence-corrected chi connectivity index (χ1v) is 13.4. The third kappa shape index (κ3) is 5.69. The van der Waals surface area contributed by atoms with Crippen molar-refractivity contribution in [3.63, 3.8) is 0 Å². The summed E-state index contributed by atoms with van der Waals surface area (Å²) in [5.74, 6) is 1.31. The third-order valence-corrected chi connectivity index (χ3v) is 9.40. The molecule has 0 N–H and O–H groups in total. The highest BCUT2D eigenvalue weighted by atomic mass is 32.2. The zero-order valence-corrected chi connectivity index (χ0v) is 20.1. The fourth-order valence-corrected chi connectivity index (χ4v) is 6.96. The second-order valence-corrected chi connectivity index (χ2v) is 11.5. The van der Waals surface area contributed by atoms with E-state index in [-0.39, 0.29) is 16.4 Å². The van der Waals surface area contributed by atoms with Crippen molar-refractivity contribution in [2.45, 2.75) is 62.1 Å². The van der Waals surface area contributed by atoms with Gasteiger partial charge in [-0.2, -0.15) is 0 Å². The number of nitrogens with zero attached hydrogens (tertiary/aromatic N) is 1. The van der Waals surface area contributed by atoms with Gasteiger partial charge in [0, 0.05) is 19.5 Å². The summed E-state index contributed by atoms with van der Waals surface area (Å²) in [6, 6.07) is 15.6. The molecular weight excluding hydrogens is 438 g/mol. The SMILES string of the molecule is COc1ccc(CCC(=O)N2CC(S(=O)(=O)C3CCCCC3)C2)cc1OCc1ccccc1. The number of rotatable bonds is 9. The Bertz CT molecular complexity index is 1040. The minimum Gasteiger partial charge on any atom is -0.493 e. The van der Waals surface area contributed by atoms with Gasteiger partial charge in [0.05, 0.1) is 17.6 Å². The molecule has 0 spiro atoms. The molecule has 0 unspecified atom stereocenters. The normalized spacial score (nSPS) is 17.4. The molecule has 1 amide bonds. The van der Waals surface area contributed by atoms with Crippen LogP contribution in [0.3, 0.4) is 0 Å². The highest BCUT2D eigenvalue weighted by molar-refractivity contribution is 7.92. The molecule has 1 heterocycles. The number of sulfone groups is 1. The van der Waals surface area contributed by atoms with Gasteiger partial charge in [-0.05, 0) is 42.5 Å². The second kappa shape index (κ2) is 10.6. The Morgan fingerprint density at radius 3 is 2.36 bits per heavy atom. The number of hydrogen-bond acceptors (Lipinski definition) is 5. The number of carbonyl (C=O) groups excluding carboxylic acids is 1. The number of hydrogen-bond donors (Lipinski definition) is 0. The van der Waals surface area contributed by atoms with E-state index in [1.54, 1.807) is 12.0 Å². The van der Waals surface area contributed by atoms with Crippen LogP contribution in [0.2, 0.25) is 0 Å². The lowest BCUT2D eigenvalue weighted by molar-refractivity contribution is -0.134. The predicted molar refractivity (Wildman–Crippen MR) is 128 cm³/mol. The molecule has 2 aromatic carbocycles. The Hall–Kier alpha value is -2.54. The van der Waals surface area contributed by atoms with E-state index in [4.69, 9.17) is 9.47 Å². The zero-order chi connectivity index (χ0) is 23.3. The van der Waals surface area contributed by atoms with Crippen LogP contribution in [0.4, 0.5) is 0 Å². The average molecular weight is 472 g/mol. The third-order valence-electron chi connectivity index (χ3n) is 6.77. The van der Waals surface area contributed by atoms with E-state index in [1.807, 2.05) is 48.5 Å². The highest BCUT2D eigenvalue weighted by Gasteiger charge is 2.43. The van der Waals surface area contributed by atoms with Crippen molar-refractivity contribution in [3.05, 3.63) is 59.7 Å². The Morgan fingerprint density at radius 1 is 0.939 bits per heavy atom. The number of likely N-dealkylation sites (tertiary alicyclic amines) is 1. The van der Waals surface area contributed by atoms with Gasteiger partial charge >= 0.3 is 0 Å². The van der Waals surface area contributed by atoms with Crippen molar-refractivity contribution in [1.82, 2.24) is 4.90 Å². The number of methoxy groups -OCH3 is 1. The summed E-state index contributed by atoms with van der Waals surface area (Å²) >= 11 is 0. The first-order valence-electron chi connectivity index (χ1n) is 11.8. The number of amides is 1. The summed E-state index contributed by atoms with van der Waals surface area (Å²) in [4.78, 5) is 14.3. The minimum atomic E-state index is -3.13. The van der Waals surface area contributed by atoms with Crippen molar-refractivity contribution < 1.29 is 22.7 Å². The number of ether oxygens (including phenoxy) is 2. The molecule has 6 nitrogen and oxygen atoms in total. The number of aryl methyl sites for hydroxylation is 1. The predicted octanol–water partition coefficient (Wildman–Crippen LogP) is 4.17. The lowest BCUT2D eigenvalue weighted by atomic mass is 10.0. The first-order chi connectivity index (χ1) is 16.0. The maximum atomic E-state index is 12.8. The van der Waals surface area contributed by atoms with E-state index < -0.39 is 9.84 Å². The van der Waals surface area contributed by atoms with Crippen LogP contribution in [0, 0.1) is 0 Å². The molecule has 2 fully saturated rings. The van der Waals surface area contributed by atoms with E-state index >= 15 is 0 Å². The van der Waals surface area contributed by atoms with Crippen LogP contribution in [-0.4, -0.2) is 49.9 Å². The van der Waals surface area contributed by atoms with Crippen molar-refractivity contribution >= 4 is 15.7 Å². The topological polar surface area (TPSA) is 72.9 Å². The first kappa shape index (κ1) is 23.6. The van der Waals surface area contributed by atoms with Gasteiger partial charge in [0.1, 0.15) is 6.61 Å². The van der Waals surface area contributed by atoms with Gasteiger partial charge in [-0.15, -0.1) is 0 Å². The Labute approximate surface area is 196 Å². The van der Waals surface area contributed by atoms with E-state index in [0.29, 0.717) is 44.0 Å². The molecule has 0 aromatic heterocycles. The molecule has 178 valence electrons. The monoisotopic (exact) mass is 471 g/mol. The molecule has 1 saturated carbocycles. The van der Waals surface area contributed by atoms with Crippen LogP contribution in [0.1, 0.15) is 49.7 Å². The maximum absolute atomic E-state index is 12.8. The van der Waals surface area contributed by atoms with Crippen LogP contribution in [0.5, 0.6) is 11.5 Å². The Kier molecular flexibility index (Phi) is 7.58. The van der Waals surface area contributed by atoms with Gasteiger partial charge in [0.25, 0.3) is 0 Å². The quantitative estimate of drug-likeness (QED) is 0.549. The summed E-state index contributed by atoms with van der Waals surface area (Å²) in [5.41, 5.74) is 2.05. The standard InChI is InChI=1S/C26H33NO5S/c1-31-24-14-12-20(16-25(24)32-19-21-8-4-2-5-9-21)13-15-26(28)27-17-23(18-27)33(29,30)22-10-6-3-7-11-22/h2,4-5,8-9,12,14,16,22-23H,3,6-7,10-11,13,15,17-19H2,1H3. The van der Waals surface area contributed by atoms with E-state index in [0.717, 1.165) is 43.2 Å². The van der Waals surface area contributed by atoms with Crippen molar-refractivity contribution in [2.24, 2.45) is 0 Å². The minimum absolute atomic E-state index is 0.00710. The second-order valence-electron chi connectivity index (χ2n) is 9.03. The van der Waals surface area contributed by atoms with Crippen LogP contribution in [-0.2, 0) is 27.7 Å². The lowest BCUT2D eigenvalue weighted by Crippen LogP contribution is -2.58. The molecule has 1 aliphatic heterocycles. The van der Waals surface area contributed by atoms with Crippen molar-refractivity contribution in [2.75, 3.05) is 20.2 Å². The molecule has 0 radical (unpaired) electrons. The Balaban J connectivity index is 1.28. The van der Waals surface area contributed by atoms with Gasteiger partial charge in [0.2, 0.25) is 5.91 Å². The smallest absolute Gasteiger partial charge is 0.222 e. The summed E-state index contributed by atoms with van der Waals surface area (Å²) in [5, 5.41) is -0.592. The van der Waals surface area contributed by atoms with Gasteiger partial charge in [-0.3, -0.25) is 4.79 Å². The van der Waals surface area contributed by atoms with Crippen LogP contribution in [0.25, 0.3) is 0 Å². The van der Waals surface area contributed by atoms with E-state index in [2.05, 4.69) is 0 Å². The molecule has 4 rings (SSSR count). The summed E-state index contributed by atoms with van der Waals surface area (Å²) < 4.78 is 37.0. The van der Waals surface area contributed by atoms with E-state index in [1.165, 1.54) is 0 Å². The molecule has 0 atom stereocenters.